The summed E-state index contributed by atoms with van der Waals surface area (Å²) in [5.74, 6) is 0.550. The van der Waals surface area contributed by atoms with E-state index in [4.69, 9.17) is 0 Å². The van der Waals surface area contributed by atoms with E-state index >= 15 is 0 Å². The molecule has 0 saturated carbocycles. The van der Waals surface area contributed by atoms with Crippen molar-refractivity contribution in [2.45, 2.75) is 38.3 Å². The van der Waals surface area contributed by atoms with Gasteiger partial charge < -0.3 is 14.8 Å². The largest absolute Gasteiger partial charge is 0.365 e. The van der Waals surface area contributed by atoms with Crippen molar-refractivity contribution in [1.29, 1.82) is 0 Å². The molecule has 2 atom stereocenters. The molecule has 0 aliphatic carbocycles. The van der Waals surface area contributed by atoms with E-state index in [1.165, 1.54) is 24.2 Å². The van der Waals surface area contributed by atoms with E-state index in [0.717, 1.165) is 42.4 Å². The van der Waals surface area contributed by atoms with E-state index in [0.29, 0.717) is 31.2 Å². The number of nitrogens with zero attached hydrogens (tertiary/aromatic N) is 4. The van der Waals surface area contributed by atoms with E-state index in [9.17, 15) is 9.59 Å². The van der Waals surface area contributed by atoms with Gasteiger partial charge in [0.05, 0.1) is 0 Å². The number of thiazole rings is 1. The molecule has 0 spiro atoms. The lowest BCUT2D eigenvalue weighted by molar-refractivity contribution is 0.0589. The average molecular weight is 414 g/mol. The highest BCUT2D eigenvalue weighted by atomic mass is 32.1. The highest BCUT2D eigenvalue weighted by molar-refractivity contribution is 7.13. The minimum atomic E-state index is -0.00102. The SMILES string of the molecule is CNc1nc(C(=O)N2C[C@@H]3C[C@H](C2)c2ccc(CN4CCCC4)c(=O)n2C3)cs1. The van der Waals surface area contributed by atoms with Gasteiger partial charge in [-0.2, -0.15) is 0 Å². The van der Waals surface area contributed by atoms with Gasteiger partial charge in [0.25, 0.3) is 11.5 Å². The van der Waals surface area contributed by atoms with Crippen molar-refractivity contribution >= 4 is 22.4 Å². The van der Waals surface area contributed by atoms with Crippen LogP contribution in [-0.2, 0) is 13.1 Å². The second-order valence-electron chi connectivity index (χ2n) is 8.48. The normalized spacial score (nSPS) is 23.8. The maximum Gasteiger partial charge on any atom is 0.273 e. The van der Waals surface area contributed by atoms with Gasteiger partial charge in [0, 0.05) is 55.8 Å². The molecule has 5 heterocycles. The van der Waals surface area contributed by atoms with Crippen molar-refractivity contribution in [1.82, 2.24) is 19.4 Å². The second-order valence-corrected chi connectivity index (χ2v) is 9.34. The minimum absolute atomic E-state index is 0.00102. The Morgan fingerprint density at radius 2 is 2.07 bits per heavy atom. The van der Waals surface area contributed by atoms with Crippen LogP contribution in [0.3, 0.4) is 0 Å². The Morgan fingerprint density at radius 1 is 1.24 bits per heavy atom. The van der Waals surface area contributed by atoms with E-state index in [2.05, 4.69) is 21.3 Å². The number of carbonyl (C=O) groups excluding carboxylic acids is 1. The number of aromatic nitrogens is 2. The molecule has 1 N–H and O–H groups in total. The minimum Gasteiger partial charge on any atom is -0.365 e. The summed E-state index contributed by atoms with van der Waals surface area (Å²) in [6, 6.07) is 4.15. The molecular formula is C21H27N5O2S. The van der Waals surface area contributed by atoms with Gasteiger partial charge in [-0.3, -0.25) is 14.5 Å². The number of pyridine rings is 1. The van der Waals surface area contributed by atoms with Crippen molar-refractivity contribution in [3.8, 4) is 0 Å². The lowest BCUT2D eigenvalue weighted by Gasteiger charge is -2.42. The molecule has 0 unspecified atom stereocenters. The maximum absolute atomic E-state index is 13.1. The van der Waals surface area contributed by atoms with Gasteiger partial charge in [-0.05, 0) is 44.3 Å². The highest BCUT2D eigenvalue weighted by Crippen LogP contribution is 2.36. The van der Waals surface area contributed by atoms with Crippen LogP contribution in [0.15, 0.2) is 22.3 Å². The molecule has 2 aromatic heterocycles. The number of amides is 1. The quantitative estimate of drug-likeness (QED) is 0.832. The lowest BCUT2D eigenvalue weighted by atomic mass is 9.83. The molecule has 3 aliphatic rings. The maximum atomic E-state index is 13.1. The molecule has 154 valence electrons. The molecule has 0 aromatic carbocycles. The number of anilines is 1. The third kappa shape index (κ3) is 3.48. The molecular weight excluding hydrogens is 386 g/mol. The van der Waals surface area contributed by atoms with Gasteiger partial charge in [0.15, 0.2) is 5.13 Å². The van der Waals surface area contributed by atoms with Crippen LogP contribution in [0, 0.1) is 5.92 Å². The number of rotatable bonds is 4. The summed E-state index contributed by atoms with van der Waals surface area (Å²) < 4.78 is 1.99. The number of carbonyl (C=O) groups is 1. The molecule has 3 aliphatic heterocycles. The standard InChI is InChI=1S/C21H27N5O2S/c1-22-21-23-17(13-29-21)20(28)25-9-14-8-16(12-25)18-5-4-15(19(27)26(18)10-14)11-24-6-2-3-7-24/h4-5,13-14,16H,2-3,6-12H2,1H3,(H,22,23)/t14-,16+/m0/s1. The summed E-state index contributed by atoms with van der Waals surface area (Å²) in [7, 11) is 1.81. The number of likely N-dealkylation sites (tertiary alicyclic amines) is 2. The Bertz CT molecular complexity index is 978. The van der Waals surface area contributed by atoms with Gasteiger partial charge in [-0.1, -0.05) is 6.07 Å². The first-order valence-corrected chi connectivity index (χ1v) is 11.4. The first-order chi connectivity index (χ1) is 14.1. The summed E-state index contributed by atoms with van der Waals surface area (Å²) in [5, 5.41) is 5.57. The van der Waals surface area contributed by atoms with Crippen LogP contribution in [0.4, 0.5) is 5.13 Å². The fraction of sp³-hybridized carbons (Fsp3) is 0.571. The average Bonchev–Trinajstić information content (AvgIpc) is 3.41. The zero-order chi connectivity index (χ0) is 20.0. The summed E-state index contributed by atoms with van der Waals surface area (Å²) in [5.41, 5.74) is 2.67. The van der Waals surface area contributed by atoms with Crippen LogP contribution in [-0.4, -0.2) is 58.5 Å². The van der Waals surface area contributed by atoms with Crippen LogP contribution in [0.1, 0.15) is 46.9 Å². The Hall–Kier alpha value is -2.19. The summed E-state index contributed by atoms with van der Waals surface area (Å²) in [4.78, 5) is 34.8. The van der Waals surface area contributed by atoms with E-state index in [1.807, 2.05) is 28.0 Å². The van der Waals surface area contributed by atoms with Crippen LogP contribution in [0.2, 0.25) is 0 Å². The number of fused-ring (bicyclic) bond motifs is 4. The Balaban J connectivity index is 1.37. The predicted octanol–water partition coefficient (Wildman–Crippen LogP) is 2.20. The molecule has 5 rings (SSSR count). The van der Waals surface area contributed by atoms with Crippen molar-refractivity contribution in [3.63, 3.8) is 0 Å². The van der Waals surface area contributed by atoms with Crippen molar-refractivity contribution in [2.75, 3.05) is 38.5 Å². The summed E-state index contributed by atoms with van der Waals surface area (Å²) >= 11 is 1.45. The van der Waals surface area contributed by atoms with Gasteiger partial charge in [0.2, 0.25) is 0 Å². The van der Waals surface area contributed by atoms with Gasteiger partial charge in [0.1, 0.15) is 5.69 Å². The molecule has 0 radical (unpaired) electrons. The van der Waals surface area contributed by atoms with E-state index < -0.39 is 0 Å². The number of hydrogen-bond acceptors (Lipinski definition) is 6. The van der Waals surface area contributed by atoms with Gasteiger partial charge >= 0.3 is 0 Å². The first kappa shape index (κ1) is 18.8. The zero-order valence-corrected chi connectivity index (χ0v) is 17.6. The van der Waals surface area contributed by atoms with Gasteiger partial charge in [-0.15, -0.1) is 11.3 Å². The molecule has 7 nitrogen and oxygen atoms in total. The monoisotopic (exact) mass is 413 g/mol. The van der Waals surface area contributed by atoms with E-state index in [1.54, 1.807) is 0 Å². The van der Waals surface area contributed by atoms with Crippen molar-refractivity contribution in [2.24, 2.45) is 5.92 Å². The van der Waals surface area contributed by atoms with Crippen LogP contribution in [0.5, 0.6) is 0 Å². The number of nitrogens with one attached hydrogen (secondary N) is 1. The molecule has 2 fully saturated rings. The van der Waals surface area contributed by atoms with Crippen LogP contribution in [0.25, 0.3) is 0 Å². The molecule has 29 heavy (non-hydrogen) atoms. The zero-order valence-electron chi connectivity index (χ0n) is 16.8. The first-order valence-electron chi connectivity index (χ1n) is 10.5. The van der Waals surface area contributed by atoms with E-state index in [-0.39, 0.29) is 17.4 Å². The van der Waals surface area contributed by atoms with Crippen molar-refractivity contribution in [3.05, 3.63) is 44.8 Å². The third-order valence-electron chi connectivity index (χ3n) is 6.50. The molecule has 8 heteroatoms. The summed E-state index contributed by atoms with van der Waals surface area (Å²) in [6.45, 7) is 5.01. The van der Waals surface area contributed by atoms with Gasteiger partial charge in [-0.25, -0.2) is 4.98 Å². The smallest absolute Gasteiger partial charge is 0.273 e. The van der Waals surface area contributed by atoms with Crippen LogP contribution >= 0.6 is 11.3 Å². The fourth-order valence-electron chi connectivity index (χ4n) is 5.11. The molecule has 2 aromatic rings. The topological polar surface area (TPSA) is 70.5 Å². The Kier molecular flexibility index (Phi) is 4.91. The number of piperidine rings is 1. The molecule has 2 saturated heterocycles. The Morgan fingerprint density at radius 3 is 2.83 bits per heavy atom. The number of hydrogen-bond donors (Lipinski definition) is 1. The van der Waals surface area contributed by atoms with Crippen LogP contribution < -0.4 is 10.9 Å². The lowest BCUT2D eigenvalue weighted by Crippen LogP contribution is -2.49. The fourth-order valence-corrected chi connectivity index (χ4v) is 5.75. The van der Waals surface area contributed by atoms with Crippen molar-refractivity contribution < 1.29 is 4.79 Å². The molecule has 1 amide bonds. The highest BCUT2D eigenvalue weighted by Gasteiger charge is 2.37. The Labute approximate surface area is 174 Å². The predicted molar refractivity (Wildman–Crippen MR) is 114 cm³/mol. The third-order valence-corrected chi connectivity index (χ3v) is 7.36. The molecule has 2 bridgehead atoms. The summed E-state index contributed by atoms with van der Waals surface area (Å²) in [6.07, 6.45) is 3.51. The second kappa shape index (κ2) is 7.57.